The molecule has 0 aromatic carbocycles. The molecule has 1 saturated carbocycles. The predicted molar refractivity (Wildman–Crippen MR) is 83.1 cm³/mol. The molecule has 0 radical (unpaired) electrons. The van der Waals surface area contributed by atoms with Gasteiger partial charge in [-0.1, -0.05) is 36.7 Å². The Balaban J connectivity index is 1.66. The highest BCUT2D eigenvalue weighted by Gasteiger charge is 2.40. The molecule has 1 aromatic rings. The predicted octanol–water partition coefficient (Wildman–Crippen LogP) is 3.43. The van der Waals surface area contributed by atoms with E-state index < -0.39 is 0 Å². The average Bonchev–Trinajstić information content (AvgIpc) is 2.93. The van der Waals surface area contributed by atoms with E-state index in [0.29, 0.717) is 12.1 Å². The Morgan fingerprint density at radius 3 is 3.05 bits per heavy atom. The van der Waals surface area contributed by atoms with Crippen LogP contribution < -0.4 is 5.32 Å². The highest BCUT2D eigenvalue weighted by atomic mass is 32.2. The number of aliphatic imine (C=N–C) groups is 1. The molecule has 2 fully saturated rings. The fraction of sp³-hybridized carbons (Fsp3) is 0.733. The smallest absolute Gasteiger partial charge is 0.157 e. The summed E-state index contributed by atoms with van der Waals surface area (Å²) >= 11 is 1.87. The van der Waals surface area contributed by atoms with Gasteiger partial charge in [0, 0.05) is 16.9 Å². The van der Waals surface area contributed by atoms with Gasteiger partial charge in [0.1, 0.15) is 5.76 Å². The average molecular weight is 293 g/mol. The van der Waals surface area contributed by atoms with Crippen LogP contribution in [-0.4, -0.2) is 21.6 Å². The Morgan fingerprint density at radius 2 is 2.35 bits per heavy atom. The molecule has 0 bridgehead atoms. The molecule has 1 N–H and O–H groups in total. The van der Waals surface area contributed by atoms with E-state index in [1.807, 2.05) is 25.6 Å². The molecule has 2 heterocycles. The quantitative estimate of drug-likeness (QED) is 0.907. The summed E-state index contributed by atoms with van der Waals surface area (Å²) in [5, 5.41) is 8.78. The van der Waals surface area contributed by atoms with E-state index in [-0.39, 0.29) is 0 Å². The van der Waals surface area contributed by atoms with Crippen molar-refractivity contribution in [2.24, 2.45) is 10.9 Å². The largest absolute Gasteiger partial charge is 0.361 e. The lowest BCUT2D eigenvalue weighted by Crippen LogP contribution is -2.47. The van der Waals surface area contributed by atoms with Crippen LogP contribution in [0.4, 0.5) is 0 Å². The molecule has 5 heteroatoms. The Kier molecular flexibility index (Phi) is 3.80. The second-order valence-corrected chi connectivity index (χ2v) is 7.28. The number of nitrogens with one attached hydrogen (secondary N) is 1. The summed E-state index contributed by atoms with van der Waals surface area (Å²) in [6.07, 6.45) is 5.28. The minimum Gasteiger partial charge on any atom is -0.361 e. The zero-order chi connectivity index (χ0) is 14.2. The minimum atomic E-state index is 0.305. The molecule has 4 nitrogen and oxygen atoms in total. The van der Waals surface area contributed by atoms with Crippen molar-refractivity contribution in [2.45, 2.75) is 58.5 Å². The minimum absolute atomic E-state index is 0.305. The fourth-order valence-electron chi connectivity index (χ4n) is 3.37. The van der Waals surface area contributed by atoms with Gasteiger partial charge >= 0.3 is 0 Å². The van der Waals surface area contributed by atoms with Crippen molar-refractivity contribution in [1.29, 1.82) is 0 Å². The van der Waals surface area contributed by atoms with E-state index in [0.717, 1.165) is 33.9 Å². The van der Waals surface area contributed by atoms with E-state index in [2.05, 4.69) is 17.4 Å². The van der Waals surface area contributed by atoms with Crippen molar-refractivity contribution in [3.63, 3.8) is 0 Å². The van der Waals surface area contributed by atoms with E-state index >= 15 is 0 Å². The van der Waals surface area contributed by atoms with Crippen LogP contribution in [0.15, 0.2) is 9.52 Å². The van der Waals surface area contributed by atoms with Gasteiger partial charge in [0.2, 0.25) is 0 Å². The zero-order valence-corrected chi connectivity index (χ0v) is 13.3. The summed E-state index contributed by atoms with van der Waals surface area (Å²) in [4.78, 5) is 4.73. The van der Waals surface area contributed by atoms with Gasteiger partial charge in [-0.05, 0) is 32.6 Å². The van der Waals surface area contributed by atoms with Crippen molar-refractivity contribution >= 4 is 16.9 Å². The van der Waals surface area contributed by atoms with Crippen LogP contribution in [0.3, 0.4) is 0 Å². The number of thioether (sulfide) groups is 1. The van der Waals surface area contributed by atoms with Crippen molar-refractivity contribution in [3.05, 3.63) is 17.0 Å². The van der Waals surface area contributed by atoms with Crippen molar-refractivity contribution in [1.82, 2.24) is 10.5 Å². The highest BCUT2D eigenvalue weighted by Crippen LogP contribution is 2.38. The molecular weight excluding hydrogens is 270 g/mol. The van der Waals surface area contributed by atoms with Crippen LogP contribution in [0.5, 0.6) is 0 Å². The summed E-state index contributed by atoms with van der Waals surface area (Å²) in [7, 11) is 0. The van der Waals surface area contributed by atoms with Gasteiger partial charge in [0.15, 0.2) is 5.17 Å². The maximum atomic E-state index is 5.19. The Morgan fingerprint density at radius 1 is 1.50 bits per heavy atom. The van der Waals surface area contributed by atoms with E-state index in [9.17, 15) is 0 Å². The number of nitrogens with zero attached hydrogens (tertiary/aromatic N) is 2. The molecule has 110 valence electrons. The molecule has 1 aromatic heterocycles. The number of hydrogen-bond acceptors (Lipinski definition) is 4. The van der Waals surface area contributed by atoms with Crippen molar-refractivity contribution in [3.8, 4) is 0 Å². The lowest BCUT2D eigenvalue weighted by Gasteiger charge is -2.36. The molecule has 2 aliphatic rings. The Bertz CT molecular complexity index is 506. The first-order valence-electron chi connectivity index (χ1n) is 7.45. The van der Waals surface area contributed by atoms with E-state index in [4.69, 9.17) is 9.52 Å². The first-order chi connectivity index (χ1) is 9.58. The van der Waals surface area contributed by atoms with Gasteiger partial charge < -0.3 is 9.84 Å². The monoisotopic (exact) mass is 293 g/mol. The van der Waals surface area contributed by atoms with E-state index in [1.54, 1.807) is 0 Å². The van der Waals surface area contributed by atoms with Crippen molar-refractivity contribution < 1.29 is 4.52 Å². The number of aromatic nitrogens is 1. The van der Waals surface area contributed by atoms with E-state index in [1.165, 1.54) is 25.7 Å². The number of hydrogen-bond donors (Lipinski definition) is 1. The highest BCUT2D eigenvalue weighted by molar-refractivity contribution is 8.14. The number of rotatable bonds is 2. The molecular formula is C15H23N3OS. The topological polar surface area (TPSA) is 50.4 Å². The molecule has 1 saturated heterocycles. The second kappa shape index (κ2) is 5.43. The van der Waals surface area contributed by atoms with Crippen LogP contribution in [-0.2, 0) is 6.54 Å². The first-order valence-corrected chi connectivity index (χ1v) is 8.44. The third-order valence-corrected chi connectivity index (χ3v) is 5.71. The van der Waals surface area contributed by atoms with Crippen molar-refractivity contribution in [2.75, 3.05) is 5.75 Å². The molecule has 0 amide bonds. The van der Waals surface area contributed by atoms with Gasteiger partial charge in [-0.3, -0.25) is 4.99 Å². The van der Waals surface area contributed by atoms with Gasteiger partial charge in [-0.15, -0.1) is 0 Å². The standard InChI is InChI=1S/C15H23N3OS/c1-10-5-4-6-15(7-10)9-20-14(17-15)16-8-13-11(2)18-19-12(13)3/h10H,4-9H2,1-3H3,(H,16,17). The lowest BCUT2D eigenvalue weighted by molar-refractivity contribution is 0.242. The van der Waals surface area contributed by atoms with Crippen LogP contribution in [0.2, 0.25) is 0 Å². The summed E-state index contributed by atoms with van der Waals surface area (Å²) < 4.78 is 5.19. The summed E-state index contributed by atoms with van der Waals surface area (Å²) in [5.41, 5.74) is 2.38. The molecule has 1 aliphatic heterocycles. The third-order valence-electron chi connectivity index (χ3n) is 4.51. The molecule has 1 aliphatic carbocycles. The molecule has 3 rings (SSSR count). The molecule has 2 unspecified atom stereocenters. The molecule has 1 spiro atoms. The number of aryl methyl sites for hydroxylation is 2. The fourth-order valence-corrected chi connectivity index (χ4v) is 4.57. The summed E-state index contributed by atoms with van der Waals surface area (Å²) in [6, 6.07) is 0. The van der Waals surface area contributed by atoms with Gasteiger partial charge in [-0.25, -0.2) is 0 Å². The Labute approximate surface area is 124 Å². The zero-order valence-electron chi connectivity index (χ0n) is 12.5. The molecule has 20 heavy (non-hydrogen) atoms. The maximum Gasteiger partial charge on any atom is 0.157 e. The van der Waals surface area contributed by atoms with Crippen LogP contribution in [0, 0.1) is 19.8 Å². The summed E-state index contributed by atoms with van der Waals surface area (Å²) in [6.45, 7) is 6.97. The summed E-state index contributed by atoms with van der Waals surface area (Å²) in [5.74, 6) is 2.88. The lowest BCUT2D eigenvalue weighted by atomic mass is 9.78. The van der Waals surface area contributed by atoms with Gasteiger partial charge in [0.25, 0.3) is 0 Å². The van der Waals surface area contributed by atoms with Crippen LogP contribution in [0.25, 0.3) is 0 Å². The van der Waals surface area contributed by atoms with Gasteiger partial charge in [-0.2, -0.15) is 0 Å². The van der Waals surface area contributed by atoms with Crippen LogP contribution >= 0.6 is 11.8 Å². The van der Waals surface area contributed by atoms with Crippen LogP contribution in [0.1, 0.15) is 49.6 Å². The van der Waals surface area contributed by atoms with Gasteiger partial charge in [0.05, 0.1) is 12.2 Å². The first kappa shape index (κ1) is 14.0. The third kappa shape index (κ3) is 2.73. The Hall–Kier alpha value is -0.970. The normalized spacial score (nSPS) is 31.9. The molecule has 2 atom stereocenters. The number of amidine groups is 1. The second-order valence-electron chi connectivity index (χ2n) is 6.32. The SMILES string of the molecule is Cc1noc(C)c1CN=C1NC2(CCCC(C)C2)CS1. The maximum absolute atomic E-state index is 5.19.